The van der Waals surface area contributed by atoms with Crippen molar-refractivity contribution >= 4 is 17.5 Å². The number of hydrogen-bond donors (Lipinski definition) is 2. The zero-order valence-corrected chi connectivity index (χ0v) is 17.2. The van der Waals surface area contributed by atoms with Crippen LogP contribution in [0.5, 0.6) is 11.5 Å². The number of para-hydroxylation sites is 2. The molecule has 0 bridgehead atoms. The topological polar surface area (TPSA) is 90.3 Å². The minimum atomic E-state index is -0.429. The predicted octanol–water partition coefficient (Wildman–Crippen LogP) is 3.34. The minimum absolute atomic E-state index is 0.125. The first kappa shape index (κ1) is 19.8. The number of aromatic nitrogens is 3. The van der Waals surface area contributed by atoms with Gasteiger partial charge in [0.05, 0.1) is 31.4 Å². The van der Waals surface area contributed by atoms with E-state index in [1.807, 2.05) is 62.4 Å². The van der Waals surface area contributed by atoms with Crippen LogP contribution in [0.2, 0.25) is 0 Å². The van der Waals surface area contributed by atoms with E-state index in [1.165, 1.54) is 6.33 Å². The van der Waals surface area contributed by atoms with Crippen LogP contribution in [0, 0.1) is 5.92 Å². The molecule has 1 aromatic heterocycles. The van der Waals surface area contributed by atoms with Gasteiger partial charge in [0.2, 0.25) is 11.9 Å². The highest BCUT2D eigenvalue weighted by molar-refractivity contribution is 5.95. The summed E-state index contributed by atoms with van der Waals surface area (Å²) in [6, 6.07) is 14.7. The lowest BCUT2D eigenvalue weighted by atomic mass is 9.85. The number of nitrogens with one attached hydrogen (secondary N) is 2. The molecule has 1 aliphatic rings. The molecule has 4 rings (SSSR count). The molecule has 0 aliphatic carbocycles. The van der Waals surface area contributed by atoms with Gasteiger partial charge in [-0.2, -0.15) is 10.1 Å². The van der Waals surface area contributed by atoms with Crippen LogP contribution in [-0.2, 0) is 4.79 Å². The first-order chi connectivity index (χ1) is 14.6. The van der Waals surface area contributed by atoms with Crippen LogP contribution in [0.4, 0.5) is 11.6 Å². The van der Waals surface area contributed by atoms with Gasteiger partial charge in [0, 0.05) is 6.04 Å². The van der Waals surface area contributed by atoms with E-state index < -0.39 is 5.92 Å². The molecule has 3 unspecified atom stereocenters. The van der Waals surface area contributed by atoms with E-state index in [0.717, 1.165) is 11.3 Å². The Morgan fingerprint density at radius 2 is 1.97 bits per heavy atom. The molecule has 0 spiro atoms. The molecule has 1 aliphatic heterocycles. The molecule has 3 atom stereocenters. The first-order valence-electron chi connectivity index (χ1n) is 9.95. The number of amides is 1. The number of anilines is 2. The summed E-state index contributed by atoms with van der Waals surface area (Å²) >= 11 is 0. The number of benzene rings is 2. The molecule has 2 heterocycles. The fourth-order valence-corrected chi connectivity index (χ4v) is 3.89. The lowest BCUT2D eigenvalue weighted by Crippen LogP contribution is -2.46. The van der Waals surface area contributed by atoms with Gasteiger partial charge in [-0.25, -0.2) is 4.68 Å². The summed E-state index contributed by atoms with van der Waals surface area (Å²) in [5.74, 6) is 1.49. The van der Waals surface area contributed by atoms with Gasteiger partial charge >= 0.3 is 0 Å². The lowest BCUT2D eigenvalue weighted by molar-refractivity contribution is -0.121. The third kappa shape index (κ3) is 3.68. The number of nitrogens with zero attached hydrogens (tertiary/aromatic N) is 3. The maximum absolute atomic E-state index is 13.4. The number of methoxy groups -OCH3 is 1. The highest BCUT2D eigenvalue weighted by atomic mass is 16.5. The van der Waals surface area contributed by atoms with E-state index in [-0.39, 0.29) is 18.0 Å². The zero-order chi connectivity index (χ0) is 21.1. The average Bonchev–Trinajstić information content (AvgIpc) is 3.22. The Morgan fingerprint density at radius 3 is 2.70 bits per heavy atom. The number of ether oxygens (including phenoxy) is 2. The highest BCUT2D eigenvalue weighted by Gasteiger charge is 2.41. The fourth-order valence-electron chi connectivity index (χ4n) is 3.89. The second-order valence-electron chi connectivity index (χ2n) is 7.12. The molecule has 0 radical (unpaired) electrons. The first-order valence-corrected chi connectivity index (χ1v) is 9.95. The van der Waals surface area contributed by atoms with Crippen molar-refractivity contribution in [3.05, 3.63) is 60.4 Å². The number of fused-ring (bicyclic) bond motifs is 1. The van der Waals surface area contributed by atoms with Crippen LogP contribution in [0.15, 0.2) is 54.9 Å². The smallest absolute Gasteiger partial charge is 0.232 e. The van der Waals surface area contributed by atoms with Crippen molar-refractivity contribution in [2.75, 3.05) is 24.4 Å². The predicted molar refractivity (Wildman–Crippen MR) is 114 cm³/mol. The molecular weight excluding hydrogens is 382 g/mol. The molecular formula is C22H25N5O3. The standard InChI is InChI=1S/C22H25N5O3/c1-4-30-16-11-9-15(10-12-16)20-19(14(2)25-22-23-13-24-27(20)22)21(28)26-17-7-5-6-8-18(17)29-3/h5-14,19-20H,4H2,1-3H3,(H,26,28)(H,23,24,25). The molecule has 8 heteroatoms. The van der Waals surface area contributed by atoms with Crippen molar-refractivity contribution in [1.82, 2.24) is 14.8 Å². The quantitative estimate of drug-likeness (QED) is 0.651. The Labute approximate surface area is 175 Å². The largest absolute Gasteiger partial charge is 0.495 e. The molecule has 3 aromatic rings. The Morgan fingerprint density at radius 1 is 1.20 bits per heavy atom. The van der Waals surface area contributed by atoms with E-state index in [2.05, 4.69) is 20.7 Å². The molecule has 30 heavy (non-hydrogen) atoms. The van der Waals surface area contributed by atoms with Crippen molar-refractivity contribution in [3.8, 4) is 11.5 Å². The molecule has 156 valence electrons. The normalized spacial score (nSPS) is 20.0. The van der Waals surface area contributed by atoms with E-state index in [4.69, 9.17) is 9.47 Å². The van der Waals surface area contributed by atoms with Crippen molar-refractivity contribution in [2.45, 2.75) is 25.9 Å². The molecule has 2 aromatic carbocycles. The van der Waals surface area contributed by atoms with Crippen LogP contribution in [0.25, 0.3) is 0 Å². The van der Waals surface area contributed by atoms with E-state index >= 15 is 0 Å². The highest BCUT2D eigenvalue weighted by Crippen LogP contribution is 2.37. The summed E-state index contributed by atoms with van der Waals surface area (Å²) < 4.78 is 12.7. The van der Waals surface area contributed by atoms with Gasteiger partial charge in [-0.1, -0.05) is 24.3 Å². The summed E-state index contributed by atoms with van der Waals surface area (Å²) in [5, 5.41) is 10.7. The molecule has 0 fully saturated rings. The van der Waals surface area contributed by atoms with Gasteiger partial charge in [0.15, 0.2) is 0 Å². The Kier molecular flexibility index (Phi) is 5.56. The zero-order valence-electron chi connectivity index (χ0n) is 17.2. The van der Waals surface area contributed by atoms with Gasteiger partial charge < -0.3 is 20.1 Å². The van der Waals surface area contributed by atoms with Crippen LogP contribution in [0.1, 0.15) is 25.5 Å². The van der Waals surface area contributed by atoms with E-state index in [9.17, 15) is 4.79 Å². The molecule has 2 N–H and O–H groups in total. The van der Waals surface area contributed by atoms with Gasteiger partial charge in [0.1, 0.15) is 17.8 Å². The number of carbonyl (C=O) groups excluding carboxylic acids is 1. The SMILES string of the molecule is CCOc1ccc(C2C(C(=O)Nc3ccccc3OC)C(C)Nc3ncnn32)cc1. The van der Waals surface area contributed by atoms with E-state index in [1.54, 1.807) is 11.8 Å². The van der Waals surface area contributed by atoms with Crippen molar-refractivity contribution in [3.63, 3.8) is 0 Å². The van der Waals surface area contributed by atoms with Crippen molar-refractivity contribution < 1.29 is 14.3 Å². The monoisotopic (exact) mass is 407 g/mol. The second kappa shape index (κ2) is 8.44. The van der Waals surface area contributed by atoms with Crippen LogP contribution < -0.4 is 20.1 Å². The third-order valence-corrected chi connectivity index (χ3v) is 5.27. The van der Waals surface area contributed by atoms with Crippen molar-refractivity contribution in [2.24, 2.45) is 5.92 Å². The number of carbonyl (C=O) groups is 1. The maximum Gasteiger partial charge on any atom is 0.232 e. The van der Waals surface area contributed by atoms with Gasteiger partial charge in [-0.15, -0.1) is 0 Å². The summed E-state index contributed by atoms with van der Waals surface area (Å²) in [6.07, 6.45) is 1.50. The maximum atomic E-state index is 13.4. The second-order valence-corrected chi connectivity index (χ2v) is 7.12. The van der Waals surface area contributed by atoms with Crippen LogP contribution >= 0.6 is 0 Å². The van der Waals surface area contributed by atoms with Crippen LogP contribution in [0.3, 0.4) is 0 Å². The summed E-state index contributed by atoms with van der Waals surface area (Å²) in [5.41, 5.74) is 1.59. The fraction of sp³-hybridized carbons (Fsp3) is 0.318. The molecule has 0 saturated carbocycles. The minimum Gasteiger partial charge on any atom is -0.495 e. The summed E-state index contributed by atoms with van der Waals surface area (Å²) in [7, 11) is 1.58. The molecule has 1 amide bonds. The third-order valence-electron chi connectivity index (χ3n) is 5.27. The summed E-state index contributed by atoms with van der Waals surface area (Å²) in [6.45, 7) is 4.52. The van der Waals surface area contributed by atoms with Gasteiger partial charge in [-0.3, -0.25) is 4.79 Å². The number of rotatable bonds is 6. The Hall–Kier alpha value is -3.55. The van der Waals surface area contributed by atoms with E-state index in [0.29, 0.717) is 24.0 Å². The summed E-state index contributed by atoms with van der Waals surface area (Å²) in [4.78, 5) is 17.7. The van der Waals surface area contributed by atoms with Crippen molar-refractivity contribution in [1.29, 1.82) is 0 Å². The van der Waals surface area contributed by atoms with Gasteiger partial charge in [-0.05, 0) is 43.7 Å². The Balaban J connectivity index is 1.69. The average molecular weight is 407 g/mol. The number of hydrogen-bond acceptors (Lipinski definition) is 6. The van der Waals surface area contributed by atoms with Crippen LogP contribution in [-0.4, -0.2) is 40.4 Å². The lowest BCUT2D eigenvalue weighted by Gasteiger charge is -2.37. The van der Waals surface area contributed by atoms with Gasteiger partial charge in [0.25, 0.3) is 0 Å². The molecule has 8 nitrogen and oxygen atoms in total. The Bertz CT molecular complexity index is 1020. The molecule has 0 saturated heterocycles.